The van der Waals surface area contributed by atoms with Gasteiger partial charge in [0.25, 0.3) is 5.91 Å². The van der Waals surface area contributed by atoms with E-state index in [4.69, 9.17) is 9.47 Å². The number of nitrogens with one attached hydrogen (secondary N) is 2. The van der Waals surface area contributed by atoms with Crippen molar-refractivity contribution in [3.8, 4) is 5.88 Å². The Balaban J connectivity index is 1.41. The number of hydrogen-bond donors (Lipinski definition) is 2. The highest BCUT2D eigenvalue weighted by Crippen LogP contribution is 2.44. The first-order valence-electron chi connectivity index (χ1n) is 11.0. The smallest absolute Gasteiger partial charge is 0.409 e. The lowest BCUT2D eigenvalue weighted by Gasteiger charge is -2.46. The molecule has 1 atom stereocenters. The molecule has 0 saturated carbocycles. The zero-order valence-corrected chi connectivity index (χ0v) is 19.7. The number of hydrogen-bond acceptors (Lipinski definition) is 6. The molecule has 1 aromatic carbocycles. The molecule has 1 unspecified atom stereocenters. The molecule has 0 bridgehead atoms. The van der Waals surface area contributed by atoms with Crippen LogP contribution in [-0.4, -0.2) is 57.4 Å². The van der Waals surface area contributed by atoms with Crippen LogP contribution in [0.1, 0.15) is 48.1 Å². The molecular formula is C23H24BrN5O4. The van der Waals surface area contributed by atoms with Crippen molar-refractivity contribution in [3.05, 3.63) is 52.3 Å². The van der Waals surface area contributed by atoms with Crippen LogP contribution in [-0.2, 0) is 4.74 Å². The second-order valence-electron chi connectivity index (χ2n) is 8.39. The summed E-state index contributed by atoms with van der Waals surface area (Å²) in [6.07, 6.45) is 4.93. The lowest BCUT2D eigenvalue weighted by Crippen LogP contribution is -2.53. The van der Waals surface area contributed by atoms with Gasteiger partial charge in [-0.2, -0.15) is 5.10 Å². The Kier molecular flexibility index (Phi) is 5.69. The number of carbonyl (C=O) groups is 2. The van der Waals surface area contributed by atoms with E-state index in [9.17, 15) is 9.59 Å². The minimum Gasteiger partial charge on any atom is -0.471 e. The van der Waals surface area contributed by atoms with Gasteiger partial charge in [0.05, 0.1) is 29.9 Å². The summed E-state index contributed by atoms with van der Waals surface area (Å²) in [5.74, 6) is 0.320. The molecule has 10 heteroatoms. The molecule has 0 aliphatic carbocycles. The van der Waals surface area contributed by atoms with Gasteiger partial charge in [0.1, 0.15) is 5.60 Å². The Morgan fingerprint density at radius 3 is 2.94 bits per heavy atom. The van der Waals surface area contributed by atoms with Crippen LogP contribution in [0.3, 0.4) is 0 Å². The Bertz CT molecular complexity index is 1200. The van der Waals surface area contributed by atoms with Crippen molar-refractivity contribution in [2.75, 3.05) is 19.7 Å². The van der Waals surface area contributed by atoms with E-state index in [1.54, 1.807) is 30.3 Å². The Labute approximate surface area is 199 Å². The first kappa shape index (κ1) is 21.7. The Morgan fingerprint density at radius 1 is 1.33 bits per heavy atom. The standard InChI is InChI=1S/C23H24BrN5O4/c1-2-32-22(31)29-8-6-23(7-9-29)11-18(17-10-15(24)13-25-21(17)33-23)27-20(30)16-5-3-4-14-12-26-28-19(14)16/h3-5,10,12-13,18H,2,6-9,11H2,1H3,(H,26,28)(H,27,30). The van der Waals surface area contributed by atoms with Crippen LogP contribution in [0.2, 0.25) is 0 Å². The molecule has 1 fully saturated rings. The Hall–Kier alpha value is -3.14. The van der Waals surface area contributed by atoms with Gasteiger partial charge in [-0.05, 0) is 35.0 Å². The van der Waals surface area contributed by atoms with Gasteiger partial charge in [-0.1, -0.05) is 12.1 Å². The van der Waals surface area contributed by atoms with E-state index >= 15 is 0 Å². The fourth-order valence-corrected chi connectivity index (χ4v) is 5.00. The number of ether oxygens (including phenoxy) is 2. The summed E-state index contributed by atoms with van der Waals surface area (Å²) in [7, 11) is 0. The van der Waals surface area contributed by atoms with E-state index in [0.29, 0.717) is 55.9 Å². The highest BCUT2D eigenvalue weighted by atomic mass is 79.9. The number of H-pyrrole nitrogens is 1. The monoisotopic (exact) mass is 513 g/mol. The SMILES string of the molecule is CCOC(=O)N1CCC2(CC1)CC(NC(=O)c1cccc3cn[nH]c13)c1cc(Br)cnc1O2. The molecule has 2 aliphatic heterocycles. The predicted octanol–water partition coefficient (Wildman–Crippen LogP) is 3.97. The number of carbonyl (C=O) groups excluding carboxylic acids is 2. The molecule has 1 spiro atoms. The molecule has 172 valence electrons. The fraction of sp³-hybridized carbons (Fsp3) is 0.391. The van der Waals surface area contributed by atoms with Crippen LogP contribution in [0, 0.1) is 0 Å². The van der Waals surface area contributed by atoms with E-state index in [0.717, 1.165) is 15.4 Å². The van der Waals surface area contributed by atoms with Crippen LogP contribution in [0.4, 0.5) is 4.79 Å². The maximum absolute atomic E-state index is 13.3. The van der Waals surface area contributed by atoms with Crippen molar-refractivity contribution in [3.63, 3.8) is 0 Å². The second kappa shape index (κ2) is 8.66. The summed E-state index contributed by atoms with van der Waals surface area (Å²) in [6, 6.07) is 7.17. The molecule has 2 aliphatic rings. The van der Waals surface area contributed by atoms with E-state index < -0.39 is 5.60 Å². The molecule has 33 heavy (non-hydrogen) atoms. The lowest BCUT2D eigenvalue weighted by molar-refractivity contribution is -0.0267. The van der Waals surface area contributed by atoms with Crippen LogP contribution in [0.25, 0.3) is 10.9 Å². The largest absolute Gasteiger partial charge is 0.471 e. The van der Waals surface area contributed by atoms with Gasteiger partial charge in [0.15, 0.2) is 0 Å². The highest BCUT2D eigenvalue weighted by Gasteiger charge is 2.45. The van der Waals surface area contributed by atoms with Crippen molar-refractivity contribution in [1.29, 1.82) is 0 Å². The normalized spacial score (nSPS) is 19.1. The number of nitrogens with zero attached hydrogens (tertiary/aromatic N) is 3. The lowest BCUT2D eigenvalue weighted by atomic mass is 9.81. The van der Waals surface area contributed by atoms with E-state index in [-0.39, 0.29) is 18.0 Å². The molecular weight excluding hydrogens is 490 g/mol. The number of aromatic nitrogens is 3. The average molecular weight is 514 g/mol. The van der Waals surface area contributed by atoms with Crippen molar-refractivity contribution < 1.29 is 19.1 Å². The van der Waals surface area contributed by atoms with Gasteiger partial charge >= 0.3 is 6.09 Å². The first-order valence-corrected chi connectivity index (χ1v) is 11.8. The number of benzene rings is 1. The summed E-state index contributed by atoms with van der Waals surface area (Å²) >= 11 is 3.48. The quantitative estimate of drug-likeness (QED) is 0.548. The zero-order valence-electron chi connectivity index (χ0n) is 18.1. The van der Waals surface area contributed by atoms with Crippen molar-refractivity contribution in [1.82, 2.24) is 25.4 Å². The number of amides is 2. The highest BCUT2D eigenvalue weighted by molar-refractivity contribution is 9.10. The van der Waals surface area contributed by atoms with Crippen LogP contribution in [0.5, 0.6) is 5.88 Å². The van der Waals surface area contributed by atoms with Crippen molar-refractivity contribution >= 4 is 38.8 Å². The van der Waals surface area contributed by atoms with Crippen molar-refractivity contribution in [2.24, 2.45) is 0 Å². The molecule has 0 radical (unpaired) electrons. The summed E-state index contributed by atoms with van der Waals surface area (Å²) in [5, 5.41) is 11.0. The summed E-state index contributed by atoms with van der Waals surface area (Å²) in [5.41, 5.74) is 1.54. The number of pyridine rings is 1. The molecule has 2 N–H and O–H groups in total. The molecule has 9 nitrogen and oxygen atoms in total. The van der Waals surface area contributed by atoms with Crippen LogP contribution in [0.15, 0.2) is 41.1 Å². The number of piperidine rings is 1. The third-order valence-corrected chi connectivity index (χ3v) is 6.77. The van der Waals surface area contributed by atoms with E-state index in [2.05, 4.69) is 36.4 Å². The van der Waals surface area contributed by atoms with Gasteiger partial charge in [-0.15, -0.1) is 0 Å². The van der Waals surface area contributed by atoms with Crippen LogP contribution >= 0.6 is 15.9 Å². The fourth-order valence-electron chi connectivity index (χ4n) is 4.65. The molecule has 3 aromatic rings. The minimum atomic E-state index is -0.519. The van der Waals surface area contributed by atoms with Crippen molar-refractivity contribution in [2.45, 2.75) is 37.8 Å². The molecule has 2 aromatic heterocycles. The van der Waals surface area contributed by atoms with Gasteiger partial charge in [-0.3, -0.25) is 9.89 Å². The zero-order chi connectivity index (χ0) is 23.0. The molecule has 2 amide bonds. The maximum atomic E-state index is 13.3. The number of likely N-dealkylation sites (tertiary alicyclic amines) is 1. The van der Waals surface area contributed by atoms with Gasteiger partial charge in [0, 0.05) is 54.0 Å². The van der Waals surface area contributed by atoms with Gasteiger partial charge in [-0.25, -0.2) is 9.78 Å². The number of fused-ring (bicyclic) bond motifs is 2. The van der Waals surface area contributed by atoms with Gasteiger partial charge < -0.3 is 19.7 Å². The number of aromatic amines is 1. The van der Waals surface area contributed by atoms with Crippen LogP contribution < -0.4 is 10.1 Å². The molecule has 1 saturated heterocycles. The summed E-state index contributed by atoms with van der Waals surface area (Å²) in [4.78, 5) is 31.6. The van der Waals surface area contributed by atoms with Gasteiger partial charge in [0.2, 0.25) is 5.88 Å². The average Bonchev–Trinajstić information content (AvgIpc) is 3.29. The van der Waals surface area contributed by atoms with E-state index in [1.807, 2.05) is 18.2 Å². The third-order valence-electron chi connectivity index (χ3n) is 6.34. The third kappa shape index (κ3) is 4.15. The number of rotatable bonds is 3. The molecule has 4 heterocycles. The number of para-hydroxylation sites is 1. The number of halogens is 1. The predicted molar refractivity (Wildman–Crippen MR) is 124 cm³/mol. The van der Waals surface area contributed by atoms with E-state index in [1.165, 1.54) is 0 Å². The topological polar surface area (TPSA) is 109 Å². The Morgan fingerprint density at radius 2 is 2.15 bits per heavy atom. The molecule has 5 rings (SSSR count). The first-order chi connectivity index (χ1) is 16.0. The summed E-state index contributed by atoms with van der Waals surface area (Å²) in [6.45, 7) is 3.20. The minimum absolute atomic E-state index is 0.193. The second-order valence-corrected chi connectivity index (χ2v) is 9.30. The summed E-state index contributed by atoms with van der Waals surface area (Å²) < 4.78 is 12.4. The maximum Gasteiger partial charge on any atom is 0.409 e.